The molecule has 1 heterocycles. The molecule has 108 valence electrons. The molecule has 5 heteroatoms. The summed E-state index contributed by atoms with van der Waals surface area (Å²) in [6.45, 7) is 3.69. The van der Waals surface area contributed by atoms with Crippen molar-refractivity contribution in [1.82, 2.24) is 4.98 Å². The second-order valence-corrected chi connectivity index (χ2v) is 5.57. The molecule has 0 unspecified atom stereocenters. The van der Waals surface area contributed by atoms with Crippen molar-refractivity contribution in [3.63, 3.8) is 0 Å². The number of aliphatic hydroxyl groups is 1. The molecule has 0 aliphatic heterocycles. The van der Waals surface area contributed by atoms with Crippen molar-refractivity contribution in [2.75, 3.05) is 30.4 Å². The van der Waals surface area contributed by atoms with E-state index in [0.29, 0.717) is 6.54 Å². The second kappa shape index (κ2) is 7.26. The lowest BCUT2D eigenvalue weighted by atomic mass is 10.2. The number of aliphatic hydroxyl groups excluding tert-OH is 1. The van der Waals surface area contributed by atoms with Crippen LogP contribution in [0, 0.1) is 0 Å². The zero-order valence-corrected chi connectivity index (χ0v) is 12.8. The molecular formula is C15H21N3OS. The van der Waals surface area contributed by atoms with E-state index >= 15 is 0 Å². The van der Waals surface area contributed by atoms with Gasteiger partial charge in [-0.2, -0.15) is 0 Å². The first-order chi connectivity index (χ1) is 9.72. The molecule has 0 radical (unpaired) electrons. The van der Waals surface area contributed by atoms with Gasteiger partial charge in [0, 0.05) is 30.3 Å². The van der Waals surface area contributed by atoms with Gasteiger partial charge in [-0.3, -0.25) is 0 Å². The third kappa shape index (κ3) is 3.95. The third-order valence-corrected chi connectivity index (χ3v) is 4.16. The summed E-state index contributed by atoms with van der Waals surface area (Å²) in [5.74, 6) is 0. The second-order valence-electron chi connectivity index (χ2n) is 4.63. The Morgan fingerprint density at radius 1 is 1.30 bits per heavy atom. The van der Waals surface area contributed by atoms with Crippen molar-refractivity contribution in [1.29, 1.82) is 0 Å². The van der Waals surface area contributed by atoms with Crippen LogP contribution in [0.5, 0.6) is 0 Å². The summed E-state index contributed by atoms with van der Waals surface area (Å²) in [6.07, 6.45) is 0.997. The molecule has 1 aromatic heterocycles. The molecule has 4 nitrogen and oxygen atoms in total. The van der Waals surface area contributed by atoms with E-state index in [-0.39, 0.29) is 6.61 Å². The molecule has 0 atom stereocenters. The van der Waals surface area contributed by atoms with Crippen LogP contribution in [-0.2, 0) is 13.0 Å². The molecule has 1 aromatic carbocycles. The molecule has 2 N–H and O–H groups in total. The summed E-state index contributed by atoms with van der Waals surface area (Å²) >= 11 is 1.72. The summed E-state index contributed by atoms with van der Waals surface area (Å²) in [6, 6.07) is 8.21. The third-order valence-electron chi connectivity index (χ3n) is 3.12. The zero-order valence-electron chi connectivity index (χ0n) is 12.0. The minimum Gasteiger partial charge on any atom is -0.395 e. The summed E-state index contributed by atoms with van der Waals surface area (Å²) < 4.78 is 0. The molecule has 0 fully saturated rings. The van der Waals surface area contributed by atoms with Crippen LogP contribution >= 0.6 is 11.3 Å². The predicted molar refractivity (Wildman–Crippen MR) is 85.6 cm³/mol. The number of hydrogen-bond acceptors (Lipinski definition) is 5. The van der Waals surface area contributed by atoms with Gasteiger partial charge in [0.25, 0.3) is 0 Å². The summed E-state index contributed by atoms with van der Waals surface area (Å²) in [7, 11) is 1.97. The van der Waals surface area contributed by atoms with E-state index in [9.17, 15) is 0 Å². The molecule has 0 saturated heterocycles. The van der Waals surface area contributed by atoms with Gasteiger partial charge in [0.1, 0.15) is 0 Å². The maximum atomic E-state index is 8.93. The number of thiazole rings is 1. The average Bonchev–Trinajstić information content (AvgIpc) is 2.94. The standard InChI is InChI=1S/C15H21N3OS/c1-3-15-17-13(11-20-15)10-16-12-4-6-14(7-5-12)18(2)8-9-19/h4-7,11,16,19H,3,8-10H2,1-2H3. The van der Waals surface area contributed by atoms with Crippen LogP contribution in [0.15, 0.2) is 29.6 Å². The fourth-order valence-corrected chi connectivity index (χ4v) is 2.64. The van der Waals surface area contributed by atoms with Crippen molar-refractivity contribution in [2.24, 2.45) is 0 Å². The van der Waals surface area contributed by atoms with Gasteiger partial charge in [-0.25, -0.2) is 4.98 Å². The maximum absolute atomic E-state index is 8.93. The number of nitrogens with zero attached hydrogens (tertiary/aromatic N) is 2. The van der Waals surface area contributed by atoms with E-state index < -0.39 is 0 Å². The number of aryl methyl sites for hydroxylation is 1. The highest BCUT2D eigenvalue weighted by Gasteiger charge is 2.02. The van der Waals surface area contributed by atoms with Crippen molar-refractivity contribution in [3.05, 3.63) is 40.3 Å². The van der Waals surface area contributed by atoms with Crippen molar-refractivity contribution < 1.29 is 5.11 Å². The molecule has 0 spiro atoms. The quantitative estimate of drug-likeness (QED) is 0.823. The number of anilines is 2. The van der Waals surface area contributed by atoms with E-state index in [1.807, 2.05) is 11.9 Å². The van der Waals surface area contributed by atoms with Crippen molar-refractivity contribution in [2.45, 2.75) is 19.9 Å². The van der Waals surface area contributed by atoms with Crippen LogP contribution in [0.2, 0.25) is 0 Å². The molecular weight excluding hydrogens is 270 g/mol. The van der Waals surface area contributed by atoms with Gasteiger partial charge >= 0.3 is 0 Å². The molecule has 0 aliphatic rings. The van der Waals surface area contributed by atoms with E-state index in [0.717, 1.165) is 30.0 Å². The lowest BCUT2D eigenvalue weighted by molar-refractivity contribution is 0.304. The smallest absolute Gasteiger partial charge is 0.0926 e. The van der Waals surface area contributed by atoms with Gasteiger partial charge < -0.3 is 15.3 Å². The van der Waals surface area contributed by atoms with E-state index in [1.54, 1.807) is 11.3 Å². The van der Waals surface area contributed by atoms with Crippen molar-refractivity contribution in [3.8, 4) is 0 Å². The van der Waals surface area contributed by atoms with Crippen LogP contribution in [-0.4, -0.2) is 30.3 Å². The number of benzene rings is 1. The van der Waals surface area contributed by atoms with E-state index in [2.05, 4.69) is 46.9 Å². The lowest BCUT2D eigenvalue weighted by Crippen LogP contribution is -2.20. The molecule has 2 rings (SSSR count). The number of aromatic nitrogens is 1. The SMILES string of the molecule is CCc1nc(CNc2ccc(N(C)CCO)cc2)cs1. The first-order valence-corrected chi connectivity index (χ1v) is 7.70. The van der Waals surface area contributed by atoms with Crippen LogP contribution in [0.1, 0.15) is 17.6 Å². The number of likely N-dealkylation sites (N-methyl/N-ethyl adjacent to an activating group) is 1. The minimum atomic E-state index is 0.167. The fourth-order valence-electron chi connectivity index (χ4n) is 1.90. The minimum absolute atomic E-state index is 0.167. The van der Waals surface area contributed by atoms with Gasteiger partial charge in [0.05, 0.1) is 23.9 Å². The monoisotopic (exact) mass is 291 g/mol. The first kappa shape index (κ1) is 14.8. The first-order valence-electron chi connectivity index (χ1n) is 6.82. The zero-order chi connectivity index (χ0) is 14.4. The Kier molecular flexibility index (Phi) is 5.38. The van der Waals surface area contributed by atoms with Crippen molar-refractivity contribution >= 4 is 22.7 Å². The maximum Gasteiger partial charge on any atom is 0.0926 e. The largest absolute Gasteiger partial charge is 0.395 e. The average molecular weight is 291 g/mol. The van der Waals surface area contributed by atoms with Crippen LogP contribution in [0.4, 0.5) is 11.4 Å². The molecule has 0 saturated carbocycles. The Morgan fingerprint density at radius 3 is 2.65 bits per heavy atom. The highest BCUT2D eigenvalue weighted by molar-refractivity contribution is 7.09. The van der Waals surface area contributed by atoms with Gasteiger partial charge in [0.15, 0.2) is 0 Å². The Bertz CT molecular complexity index is 524. The Labute approximate surface area is 124 Å². The molecule has 0 bridgehead atoms. The molecule has 0 aliphatic carbocycles. The van der Waals surface area contributed by atoms with Crippen LogP contribution < -0.4 is 10.2 Å². The van der Waals surface area contributed by atoms with E-state index in [1.165, 1.54) is 5.01 Å². The number of nitrogens with one attached hydrogen (secondary N) is 1. The lowest BCUT2D eigenvalue weighted by Gasteiger charge is -2.18. The van der Waals surface area contributed by atoms with E-state index in [4.69, 9.17) is 5.11 Å². The van der Waals surface area contributed by atoms with Gasteiger partial charge in [-0.1, -0.05) is 6.92 Å². The Morgan fingerprint density at radius 2 is 2.05 bits per heavy atom. The van der Waals surface area contributed by atoms with Crippen LogP contribution in [0.3, 0.4) is 0 Å². The highest BCUT2D eigenvalue weighted by Crippen LogP contribution is 2.18. The number of hydrogen-bond donors (Lipinski definition) is 2. The summed E-state index contributed by atoms with van der Waals surface area (Å²) in [5.41, 5.74) is 3.28. The molecule has 20 heavy (non-hydrogen) atoms. The summed E-state index contributed by atoms with van der Waals surface area (Å²) in [5, 5.41) is 15.6. The van der Waals surface area contributed by atoms with Gasteiger partial charge in [-0.05, 0) is 30.7 Å². The highest BCUT2D eigenvalue weighted by atomic mass is 32.1. The molecule has 2 aromatic rings. The molecule has 0 amide bonds. The fraction of sp³-hybridized carbons (Fsp3) is 0.400. The van der Waals surface area contributed by atoms with Crippen LogP contribution in [0.25, 0.3) is 0 Å². The Hall–Kier alpha value is -1.59. The predicted octanol–water partition coefficient (Wildman–Crippen LogP) is 2.75. The van der Waals surface area contributed by atoms with Gasteiger partial charge in [-0.15, -0.1) is 11.3 Å². The normalized spacial score (nSPS) is 10.6. The van der Waals surface area contributed by atoms with Gasteiger partial charge in [0.2, 0.25) is 0 Å². The Balaban J connectivity index is 1.90. The summed E-state index contributed by atoms with van der Waals surface area (Å²) in [4.78, 5) is 6.56. The topological polar surface area (TPSA) is 48.4 Å². The number of rotatable bonds is 7.